The Balaban J connectivity index is 2.62. The predicted molar refractivity (Wildman–Crippen MR) is 62.3 cm³/mol. The third-order valence-corrected chi connectivity index (χ3v) is 2.51. The topological polar surface area (TPSA) is 68.4 Å². The molecule has 1 aromatic carbocycles. The van der Waals surface area contributed by atoms with Crippen LogP contribution in [0, 0.1) is 0 Å². The SMILES string of the molecule is COc1nc2ccccc2cc1[C@H](N)CO. The number of hydrogen-bond donors (Lipinski definition) is 2. The van der Waals surface area contributed by atoms with Crippen LogP contribution in [0.1, 0.15) is 11.6 Å². The fourth-order valence-electron chi connectivity index (χ4n) is 1.64. The first kappa shape index (κ1) is 10.9. The second-order valence-electron chi connectivity index (χ2n) is 3.57. The van der Waals surface area contributed by atoms with E-state index in [4.69, 9.17) is 15.6 Å². The van der Waals surface area contributed by atoms with E-state index in [1.165, 1.54) is 0 Å². The van der Waals surface area contributed by atoms with Crippen molar-refractivity contribution in [3.8, 4) is 5.88 Å². The number of fused-ring (bicyclic) bond motifs is 1. The zero-order valence-electron chi connectivity index (χ0n) is 9.05. The highest BCUT2D eigenvalue weighted by atomic mass is 16.5. The molecule has 0 unspecified atom stereocenters. The molecule has 84 valence electrons. The van der Waals surface area contributed by atoms with Crippen LogP contribution in [0.3, 0.4) is 0 Å². The molecule has 0 bridgehead atoms. The average Bonchev–Trinajstić information content (AvgIpc) is 2.36. The molecule has 3 N–H and O–H groups in total. The summed E-state index contributed by atoms with van der Waals surface area (Å²) in [5, 5.41) is 10.1. The monoisotopic (exact) mass is 218 g/mol. The first-order chi connectivity index (χ1) is 7.76. The van der Waals surface area contributed by atoms with E-state index in [2.05, 4.69) is 4.98 Å². The number of pyridine rings is 1. The lowest BCUT2D eigenvalue weighted by molar-refractivity contribution is 0.264. The summed E-state index contributed by atoms with van der Waals surface area (Å²) in [6.07, 6.45) is 0. The Morgan fingerprint density at radius 2 is 2.19 bits per heavy atom. The molecule has 0 amide bonds. The van der Waals surface area contributed by atoms with Crippen LogP contribution in [0.4, 0.5) is 0 Å². The minimum atomic E-state index is -0.466. The number of aliphatic hydroxyl groups excluding tert-OH is 1. The van der Waals surface area contributed by atoms with E-state index in [-0.39, 0.29) is 6.61 Å². The highest BCUT2D eigenvalue weighted by Crippen LogP contribution is 2.25. The Morgan fingerprint density at radius 1 is 1.44 bits per heavy atom. The molecule has 2 rings (SSSR count). The van der Waals surface area contributed by atoms with Crippen LogP contribution >= 0.6 is 0 Å². The van der Waals surface area contributed by atoms with Crippen molar-refractivity contribution in [2.45, 2.75) is 6.04 Å². The fourth-order valence-corrected chi connectivity index (χ4v) is 1.64. The first-order valence-electron chi connectivity index (χ1n) is 5.06. The van der Waals surface area contributed by atoms with Gasteiger partial charge in [-0.2, -0.15) is 0 Å². The molecular formula is C12H14N2O2. The minimum absolute atomic E-state index is 0.129. The molecule has 0 radical (unpaired) electrons. The van der Waals surface area contributed by atoms with Gasteiger partial charge in [0, 0.05) is 10.9 Å². The van der Waals surface area contributed by atoms with Gasteiger partial charge in [0.05, 0.1) is 25.3 Å². The molecule has 1 heterocycles. The summed E-state index contributed by atoms with van der Waals surface area (Å²) in [4.78, 5) is 4.35. The van der Waals surface area contributed by atoms with Gasteiger partial charge >= 0.3 is 0 Å². The summed E-state index contributed by atoms with van der Waals surface area (Å²) in [5.41, 5.74) is 7.37. The van der Waals surface area contributed by atoms with Crippen molar-refractivity contribution in [2.75, 3.05) is 13.7 Å². The van der Waals surface area contributed by atoms with Crippen molar-refractivity contribution in [1.82, 2.24) is 4.98 Å². The standard InChI is InChI=1S/C12H14N2O2/c1-16-12-9(10(13)7-15)6-8-4-2-3-5-11(8)14-12/h2-6,10,15H,7,13H2,1H3/t10-/m1/s1. The van der Waals surface area contributed by atoms with Crippen LogP contribution in [0.5, 0.6) is 5.88 Å². The van der Waals surface area contributed by atoms with Crippen LogP contribution in [-0.4, -0.2) is 23.8 Å². The molecule has 16 heavy (non-hydrogen) atoms. The van der Waals surface area contributed by atoms with E-state index in [9.17, 15) is 0 Å². The van der Waals surface area contributed by atoms with Gasteiger partial charge in [-0.15, -0.1) is 0 Å². The van der Waals surface area contributed by atoms with Crippen molar-refractivity contribution < 1.29 is 9.84 Å². The number of methoxy groups -OCH3 is 1. The lowest BCUT2D eigenvalue weighted by Crippen LogP contribution is -2.16. The number of nitrogens with two attached hydrogens (primary N) is 1. The Kier molecular flexibility index (Phi) is 3.03. The number of rotatable bonds is 3. The Morgan fingerprint density at radius 3 is 2.88 bits per heavy atom. The number of nitrogens with zero attached hydrogens (tertiary/aromatic N) is 1. The van der Waals surface area contributed by atoms with Gasteiger partial charge in [0.25, 0.3) is 0 Å². The molecule has 1 aromatic heterocycles. The van der Waals surface area contributed by atoms with Crippen molar-refractivity contribution in [1.29, 1.82) is 0 Å². The number of benzene rings is 1. The minimum Gasteiger partial charge on any atom is -0.481 e. The van der Waals surface area contributed by atoms with Crippen LogP contribution in [-0.2, 0) is 0 Å². The molecule has 4 heteroatoms. The van der Waals surface area contributed by atoms with Gasteiger partial charge in [0.2, 0.25) is 5.88 Å². The van der Waals surface area contributed by atoms with Crippen molar-refractivity contribution >= 4 is 10.9 Å². The average molecular weight is 218 g/mol. The summed E-state index contributed by atoms with van der Waals surface area (Å²) >= 11 is 0. The zero-order valence-corrected chi connectivity index (χ0v) is 9.05. The number of hydrogen-bond acceptors (Lipinski definition) is 4. The number of aliphatic hydroxyl groups is 1. The molecule has 1 atom stereocenters. The Hall–Kier alpha value is -1.65. The largest absolute Gasteiger partial charge is 0.481 e. The number of para-hydroxylation sites is 1. The Labute approximate surface area is 93.7 Å². The molecule has 0 aliphatic carbocycles. The quantitative estimate of drug-likeness (QED) is 0.813. The van der Waals surface area contributed by atoms with Gasteiger partial charge in [0.1, 0.15) is 0 Å². The summed E-state index contributed by atoms with van der Waals surface area (Å²) in [6.45, 7) is -0.129. The van der Waals surface area contributed by atoms with Crippen molar-refractivity contribution in [2.24, 2.45) is 5.73 Å². The molecule has 2 aromatic rings. The van der Waals surface area contributed by atoms with E-state index in [0.717, 1.165) is 16.5 Å². The van der Waals surface area contributed by atoms with Gasteiger partial charge in [-0.1, -0.05) is 18.2 Å². The van der Waals surface area contributed by atoms with Crippen molar-refractivity contribution in [3.63, 3.8) is 0 Å². The highest BCUT2D eigenvalue weighted by Gasteiger charge is 2.13. The molecule has 0 aliphatic rings. The van der Waals surface area contributed by atoms with E-state index >= 15 is 0 Å². The molecular weight excluding hydrogens is 204 g/mol. The van der Waals surface area contributed by atoms with Crippen LogP contribution in [0.15, 0.2) is 30.3 Å². The number of aromatic nitrogens is 1. The van der Waals surface area contributed by atoms with Gasteiger partial charge in [-0.05, 0) is 12.1 Å². The zero-order chi connectivity index (χ0) is 11.5. The summed E-state index contributed by atoms with van der Waals surface area (Å²) < 4.78 is 5.17. The second kappa shape index (κ2) is 4.47. The second-order valence-corrected chi connectivity index (χ2v) is 3.57. The van der Waals surface area contributed by atoms with Gasteiger partial charge in [-0.3, -0.25) is 0 Å². The van der Waals surface area contributed by atoms with Gasteiger partial charge < -0.3 is 15.6 Å². The van der Waals surface area contributed by atoms with Crippen molar-refractivity contribution in [3.05, 3.63) is 35.9 Å². The summed E-state index contributed by atoms with van der Waals surface area (Å²) in [7, 11) is 1.55. The van der Waals surface area contributed by atoms with Crippen LogP contribution in [0.2, 0.25) is 0 Å². The predicted octanol–water partition coefficient (Wildman–Crippen LogP) is 1.24. The van der Waals surface area contributed by atoms with E-state index in [1.807, 2.05) is 30.3 Å². The number of ether oxygens (including phenoxy) is 1. The van der Waals surface area contributed by atoms with Crippen LogP contribution < -0.4 is 10.5 Å². The summed E-state index contributed by atoms with van der Waals surface area (Å²) in [6, 6.07) is 9.15. The third kappa shape index (κ3) is 1.85. The van der Waals surface area contributed by atoms with E-state index < -0.39 is 6.04 Å². The van der Waals surface area contributed by atoms with E-state index in [0.29, 0.717) is 5.88 Å². The maximum Gasteiger partial charge on any atom is 0.218 e. The molecule has 0 spiro atoms. The first-order valence-corrected chi connectivity index (χ1v) is 5.06. The highest BCUT2D eigenvalue weighted by molar-refractivity contribution is 5.80. The molecule has 0 aliphatic heterocycles. The lowest BCUT2D eigenvalue weighted by atomic mass is 10.1. The molecule has 0 fully saturated rings. The smallest absolute Gasteiger partial charge is 0.218 e. The van der Waals surface area contributed by atoms with Crippen LogP contribution in [0.25, 0.3) is 10.9 Å². The molecule has 0 saturated heterocycles. The van der Waals surface area contributed by atoms with E-state index in [1.54, 1.807) is 7.11 Å². The molecule has 0 saturated carbocycles. The van der Waals surface area contributed by atoms with Gasteiger partial charge in [0.15, 0.2) is 0 Å². The third-order valence-electron chi connectivity index (χ3n) is 2.51. The maximum absolute atomic E-state index is 9.07. The maximum atomic E-state index is 9.07. The fraction of sp³-hybridized carbons (Fsp3) is 0.250. The molecule has 4 nitrogen and oxygen atoms in total. The van der Waals surface area contributed by atoms with Gasteiger partial charge in [-0.25, -0.2) is 4.98 Å². The lowest BCUT2D eigenvalue weighted by Gasteiger charge is -2.13. The summed E-state index contributed by atoms with van der Waals surface area (Å²) in [5.74, 6) is 0.472. The Bertz CT molecular complexity index is 499. The normalized spacial score (nSPS) is 12.7.